The second-order valence-corrected chi connectivity index (χ2v) is 10.2. The van der Waals surface area contributed by atoms with Crippen molar-refractivity contribution in [3.05, 3.63) is 5.82 Å². The Kier molecular flexibility index (Phi) is 8.80. The number of hydrogen-bond donors (Lipinski definition) is 4. The van der Waals surface area contributed by atoms with Crippen LogP contribution in [0.15, 0.2) is 5.16 Å². The summed E-state index contributed by atoms with van der Waals surface area (Å²) in [5, 5.41) is 11.7. The van der Waals surface area contributed by atoms with Crippen LogP contribution in [-0.2, 0) is 4.79 Å². The van der Waals surface area contributed by atoms with Crippen LogP contribution in [0.4, 0.5) is 20.8 Å². The summed E-state index contributed by atoms with van der Waals surface area (Å²) in [5.74, 6) is -1.09. The fraction of sp³-hybridized carbons (Fsp3) is 0.727. The molecule has 0 radical (unpaired) electrons. The van der Waals surface area contributed by atoms with Crippen LogP contribution in [0.25, 0.3) is 0 Å². The van der Waals surface area contributed by atoms with E-state index in [9.17, 15) is 9.59 Å². The second kappa shape index (κ2) is 11.4. The minimum absolute atomic E-state index is 0.00429. The van der Waals surface area contributed by atoms with Crippen molar-refractivity contribution < 1.29 is 19.1 Å². The van der Waals surface area contributed by atoms with Gasteiger partial charge < -0.3 is 20.2 Å². The Balaban J connectivity index is 1.70. The van der Waals surface area contributed by atoms with Gasteiger partial charge in [0.15, 0.2) is 16.8 Å². The molecule has 0 unspecified atom stereocenters. The lowest BCUT2D eigenvalue weighted by molar-refractivity contribution is -0.124. The van der Waals surface area contributed by atoms with Crippen molar-refractivity contribution >= 4 is 35.4 Å². The molecule has 2 aliphatic rings. The first kappa shape index (κ1) is 26.3. The van der Waals surface area contributed by atoms with E-state index in [1.54, 1.807) is 6.26 Å². The molecule has 1 aliphatic heterocycles. The topological polar surface area (TPSA) is 123 Å². The highest BCUT2D eigenvalue weighted by atomic mass is 32.2. The third-order valence-corrected chi connectivity index (χ3v) is 7.69. The molecule has 4 N–H and O–H groups in total. The van der Waals surface area contributed by atoms with Gasteiger partial charge in [0, 0.05) is 19.6 Å². The third kappa shape index (κ3) is 6.01. The molecular formula is C22H36FN7O3S. The van der Waals surface area contributed by atoms with Crippen molar-refractivity contribution in [3.63, 3.8) is 0 Å². The number of nitrogens with one attached hydrogen (secondary N) is 3. The fourth-order valence-electron chi connectivity index (χ4n) is 4.80. The number of carbonyl (C=O) groups is 2. The van der Waals surface area contributed by atoms with Crippen LogP contribution in [0.3, 0.4) is 0 Å². The number of thioether (sulfide) groups is 1. The van der Waals surface area contributed by atoms with Crippen molar-refractivity contribution in [1.29, 1.82) is 0 Å². The van der Waals surface area contributed by atoms with Crippen LogP contribution in [0.2, 0.25) is 0 Å². The van der Waals surface area contributed by atoms with Gasteiger partial charge in [-0.05, 0) is 39.1 Å². The van der Waals surface area contributed by atoms with Crippen molar-refractivity contribution in [2.24, 2.45) is 11.8 Å². The van der Waals surface area contributed by atoms with Crippen LogP contribution >= 0.6 is 11.8 Å². The van der Waals surface area contributed by atoms with Gasteiger partial charge in [0.25, 0.3) is 0 Å². The Morgan fingerprint density at radius 3 is 2.53 bits per heavy atom. The number of anilines is 2. The first-order valence-corrected chi connectivity index (χ1v) is 13.0. The normalized spacial score (nSPS) is 18.5. The molecule has 1 aromatic rings. The monoisotopic (exact) mass is 497 g/mol. The van der Waals surface area contributed by atoms with E-state index in [2.05, 4.69) is 38.0 Å². The zero-order valence-corrected chi connectivity index (χ0v) is 21.2. The maximum atomic E-state index is 15.4. The lowest BCUT2D eigenvalue weighted by Crippen LogP contribution is -2.68. The quantitative estimate of drug-likeness (QED) is 0.208. The van der Waals surface area contributed by atoms with Crippen LogP contribution in [0.1, 0.15) is 45.4 Å². The number of carbonyl (C=O) groups excluding carboxylic acids is 1. The number of hydrogen-bond acceptors (Lipinski definition) is 8. The number of carboxylic acid groups (broad SMARTS) is 1. The summed E-state index contributed by atoms with van der Waals surface area (Å²) >= 11 is 1.29. The molecule has 2 heterocycles. The highest BCUT2D eigenvalue weighted by Crippen LogP contribution is 2.36. The summed E-state index contributed by atoms with van der Waals surface area (Å²) < 4.78 is 15.4. The van der Waals surface area contributed by atoms with Gasteiger partial charge in [0.05, 0.1) is 11.5 Å². The fourth-order valence-corrected chi connectivity index (χ4v) is 5.16. The Morgan fingerprint density at radius 1 is 1.29 bits per heavy atom. The van der Waals surface area contributed by atoms with Gasteiger partial charge in [-0.3, -0.25) is 15.6 Å². The molecule has 3 rings (SSSR count). The summed E-state index contributed by atoms with van der Waals surface area (Å²) in [5.41, 5.74) is 5.15. The summed E-state index contributed by atoms with van der Waals surface area (Å²) in [7, 11) is 4.04. The van der Waals surface area contributed by atoms with E-state index in [0.717, 1.165) is 32.1 Å². The van der Waals surface area contributed by atoms with Crippen LogP contribution < -0.4 is 21.1 Å². The highest BCUT2D eigenvalue weighted by Gasteiger charge is 2.45. The minimum atomic E-state index is -1.18. The Hall–Kier alpha value is -2.34. The van der Waals surface area contributed by atoms with E-state index in [0.29, 0.717) is 30.6 Å². The minimum Gasteiger partial charge on any atom is -0.465 e. The Morgan fingerprint density at radius 2 is 1.97 bits per heavy atom. The molecule has 12 heteroatoms. The lowest BCUT2D eigenvalue weighted by Gasteiger charge is -2.54. The van der Waals surface area contributed by atoms with E-state index in [4.69, 9.17) is 5.11 Å². The van der Waals surface area contributed by atoms with Gasteiger partial charge in [-0.1, -0.05) is 44.4 Å². The molecule has 190 valence electrons. The van der Waals surface area contributed by atoms with Crippen molar-refractivity contribution in [3.8, 4) is 0 Å². The molecule has 1 aromatic heterocycles. The molecule has 2 amide bonds. The van der Waals surface area contributed by atoms with Gasteiger partial charge in [-0.15, -0.1) is 0 Å². The van der Waals surface area contributed by atoms with E-state index in [-0.39, 0.29) is 23.7 Å². The SMILES string of the molecule is CCC1(N(C)C)CN(c2nc(SC)nc(NNC(=O)[C@@H](CNC(=O)O)CC3CCCC3)c2F)C1. The molecule has 1 atom stereocenters. The maximum Gasteiger partial charge on any atom is 0.404 e. The summed E-state index contributed by atoms with van der Waals surface area (Å²) in [6.45, 7) is 3.41. The van der Waals surface area contributed by atoms with Crippen LogP contribution in [-0.4, -0.2) is 77.5 Å². The van der Waals surface area contributed by atoms with E-state index >= 15 is 4.39 Å². The van der Waals surface area contributed by atoms with E-state index in [1.807, 2.05) is 19.0 Å². The number of hydrazine groups is 1. The smallest absolute Gasteiger partial charge is 0.404 e. The third-order valence-electron chi connectivity index (χ3n) is 7.14. The van der Waals surface area contributed by atoms with Crippen molar-refractivity contribution in [1.82, 2.24) is 25.6 Å². The van der Waals surface area contributed by atoms with Crippen molar-refractivity contribution in [2.75, 3.05) is 50.3 Å². The lowest BCUT2D eigenvalue weighted by atomic mass is 9.85. The number of amides is 2. The van der Waals surface area contributed by atoms with Crippen molar-refractivity contribution in [2.45, 2.75) is 56.1 Å². The molecule has 0 spiro atoms. The number of likely N-dealkylation sites (N-methyl/N-ethyl adjacent to an activating group) is 1. The molecule has 10 nitrogen and oxygen atoms in total. The van der Waals surface area contributed by atoms with Crippen LogP contribution in [0, 0.1) is 17.7 Å². The predicted octanol–water partition coefficient (Wildman–Crippen LogP) is 2.78. The Labute approximate surface area is 204 Å². The first-order valence-electron chi connectivity index (χ1n) is 11.8. The van der Waals surface area contributed by atoms with Crippen LogP contribution in [0.5, 0.6) is 0 Å². The number of halogens is 1. The summed E-state index contributed by atoms with van der Waals surface area (Å²) in [4.78, 5) is 36.4. The molecule has 2 fully saturated rings. The summed E-state index contributed by atoms with van der Waals surface area (Å²) in [6, 6.07) is 0. The van der Waals surface area contributed by atoms with Gasteiger partial charge in [0.1, 0.15) is 0 Å². The number of rotatable bonds is 11. The van der Waals surface area contributed by atoms with Gasteiger partial charge >= 0.3 is 6.09 Å². The average Bonchev–Trinajstić information content (AvgIpc) is 3.29. The largest absolute Gasteiger partial charge is 0.465 e. The predicted molar refractivity (Wildman–Crippen MR) is 131 cm³/mol. The van der Waals surface area contributed by atoms with Gasteiger partial charge in [0.2, 0.25) is 11.7 Å². The standard InChI is InChI=1S/C22H36FN7O3S/c1-5-22(29(2)3)12-30(13-22)18-16(23)17(25-20(26-18)34-4)27-28-19(31)15(11-24-21(32)33)10-14-8-6-7-9-14/h14-15,24H,5-13H2,1-4H3,(H,28,31)(H,32,33)(H,25,26,27)/t15-/m1/s1. The molecule has 0 aromatic carbocycles. The molecule has 34 heavy (non-hydrogen) atoms. The van der Waals surface area contributed by atoms with E-state index in [1.165, 1.54) is 11.8 Å². The molecule has 0 bridgehead atoms. The first-order chi connectivity index (χ1) is 16.2. The molecule has 1 aliphatic carbocycles. The molecule has 1 saturated carbocycles. The summed E-state index contributed by atoms with van der Waals surface area (Å²) in [6.07, 6.45) is 6.47. The zero-order chi connectivity index (χ0) is 24.9. The molecular weight excluding hydrogens is 461 g/mol. The highest BCUT2D eigenvalue weighted by molar-refractivity contribution is 7.98. The van der Waals surface area contributed by atoms with Gasteiger partial charge in [-0.2, -0.15) is 4.39 Å². The van der Waals surface area contributed by atoms with Gasteiger partial charge in [-0.25, -0.2) is 14.8 Å². The zero-order valence-electron chi connectivity index (χ0n) is 20.4. The second-order valence-electron chi connectivity index (χ2n) is 9.41. The molecule has 1 saturated heterocycles. The number of aromatic nitrogens is 2. The van der Waals surface area contributed by atoms with E-state index < -0.39 is 23.7 Å². The number of nitrogens with zero attached hydrogens (tertiary/aromatic N) is 4. The Bertz CT molecular complexity index is 876. The average molecular weight is 498 g/mol. The maximum absolute atomic E-state index is 15.4.